The van der Waals surface area contributed by atoms with Gasteiger partial charge in [-0.15, -0.1) is 4.37 Å². The van der Waals surface area contributed by atoms with E-state index in [-0.39, 0.29) is 17.6 Å². The van der Waals surface area contributed by atoms with E-state index in [1.165, 1.54) is 0 Å². The summed E-state index contributed by atoms with van der Waals surface area (Å²) >= 11 is 1.07. The summed E-state index contributed by atoms with van der Waals surface area (Å²) in [5, 5.41) is 3.32. The molecule has 1 aliphatic heterocycles. The topological polar surface area (TPSA) is 112 Å². The first-order valence-corrected chi connectivity index (χ1v) is 13.0. The molecule has 11 heteroatoms. The number of carbonyl (C=O) groups excluding carboxylic acids is 2. The highest BCUT2D eigenvalue weighted by Crippen LogP contribution is 2.29. The summed E-state index contributed by atoms with van der Waals surface area (Å²) in [6.07, 6.45) is 2.25. The van der Waals surface area contributed by atoms with Gasteiger partial charge >= 0.3 is 11.9 Å². The fraction of sp³-hybridized carbons (Fsp3) is 0.760. The minimum atomic E-state index is -0.658. The molecule has 0 saturated carbocycles. The summed E-state index contributed by atoms with van der Waals surface area (Å²) in [5.41, 5.74) is -0.853. The highest BCUT2D eigenvalue weighted by molar-refractivity contribution is 6.99. The van der Waals surface area contributed by atoms with Crippen LogP contribution >= 0.6 is 11.7 Å². The Morgan fingerprint density at radius 1 is 1.06 bits per heavy atom. The minimum Gasteiger partial charge on any atom is -0.470 e. The number of hydrogen-bond donors (Lipinski definition) is 1. The molecule has 1 aliphatic rings. The number of carbonyl (C=O) groups is 2. The Bertz CT molecular complexity index is 882. The number of morpholine rings is 1. The molecule has 10 nitrogen and oxygen atoms in total. The fourth-order valence-corrected chi connectivity index (χ4v) is 4.44. The van der Waals surface area contributed by atoms with Crippen molar-refractivity contribution in [2.45, 2.75) is 79.1 Å². The van der Waals surface area contributed by atoms with Crippen LogP contribution in [0, 0.1) is 5.41 Å². The van der Waals surface area contributed by atoms with Crippen molar-refractivity contribution >= 4 is 29.5 Å². The quantitative estimate of drug-likeness (QED) is 0.340. The molecule has 204 valence electrons. The molecule has 0 bridgehead atoms. The van der Waals surface area contributed by atoms with Crippen molar-refractivity contribution in [3.05, 3.63) is 12.2 Å². The Morgan fingerprint density at radius 3 is 2.31 bits per heavy atom. The molecule has 0 unspecified atom stereocenters. The Morgan fingerprint density at radius 2 is 1.69 bits per heavy atom. The molecule has 0 amide bonds. The van der Waals surface area contributed by atoms with Gasteiger partial charge in [-0.25, -0.2) is 9.59 Å². The maximum atomic E-state index is 12.5. The molecule has 36 heavy (non-hydrogen) atoms. The van der Waals surface area contributed by atoms with E-state index in [1.54, 1.807) is 0 Å². The number of ether oxygens (including phenoxy) is 4. The zero-order valence-corrected chi connectivity index (χ0v) is 23.7. The van der Waals surface area contributed by atoms with Crippen molar-refractivity contribution in [2.24, 2.45) is 5.41 Å². The average Bonchev–Trinajstić information content (AvgIpc) is 3.20. The van der Waals surface area contributed by atoms with Crippen LogP contribution in [0.5, 0.6) is 5.88 Å². The second-order valence-corrected chi connectivity index (χ2v) is 12.3. The van der Waals surface area contributed by atoms with Crippen molar-refractivity contribution < 1.29 is 28.5 Å². The standard InChI is InChI=1S/C25H42N4O6S/c1-23(2,3)17-25(7,8)35-20(31)10-9-19(30)34-18(15-26-24(4,5)6)16-33-22-21(27-36-28-22)29-11-13-32-14-12-29/h9-10,18,26H,11-17H2,1-8H3/b10-9+/t18-/m0/s1. The largest absolute Gasteiger partial charge is 0.470 e. The van der Waals surface area contributed by atoms with Gasteiger partial charge in [0, 0.05) is 37.3 Å². The van der Waals surface area contributed by atoms with E-state index >= 15 is 0 Å². The van der Waals surface area contributed by atoms with Crippen LogP contribution in [0.25, 0.3) is 0 Å². The molecule has 0 aromatic carbocycles. The maximum Gasteiger partial charge on any atom is 0.331 e. The number of aromatic nitrogens is 2. The first-order valence-electron chi connectivity index (χ1n) is 12.3. The van der Waals surface area contributed by atoms with Gasteiger partial charge in [0.05, 0.1) is 24.9 Å². The lowest BCUT2D eigenvalue weighted by atomic mass is 9.84. The van der Waals surface area contributed by atoms with Gasteiger partial charge in [0.15, 0.2) is 0 Å². The molecule has 1 aromatic rings. The smallest absolute Gasteiger partial charge is 0.331 e. The second-order valence-electron chi connectivity index (χ2n) is 11.7. The monoisotopic (exact) mass is 526 g/mol. The van der Waals surface area contributed by atoms with Crippen molar-refractivity contribution in [3.63, 3.8) is 0 Å². The highest BCUT2D eigenvalue weighted by Gasteiger charge is 2.29. The van der Waals surface area contributed by atoms with Gasteiger partial charge in [-0.05, 0) is 46.5 Å². The first kappa shape index (κ1) is 30.0. The zero-order chi connectivity index (χ0) is 27.0. The highest BCUT2D eigenvalue weighted by atomic mass is 32.1. The van der Waals surface area contributed by atoms with E-state index in [9.17, 15) is 9.59 Å². The van der Waals surface area contributed by atoms with Crippen LogP contribution in [-0.2, 0) is 23.8 Å². The fourth-order valence-electron chi connectivity index (χ4n) is 3.92. The molecule has 1 atom stereocenters. The number of nitrogens with one attached hydrogen (secondary N) is 1. The van der Waals surface area contributed by atoms with Crippen LogP contribution in [0.4, 0.5) is 5.82 Å². The SMILES string of the molecule is CC(C)(C)CC(C)(C)OC(=O)/C=C/C(=O)O[C@@H](CNC(C)(C)C)COc1nsnc1N1CCOCC1. The Kier molecular flexibility index (Phi) is 10.7. The number of hydrogen-bond acceptors (Lipinski definition) is 11. The molecule has 2 heterocycles. The molecule has 0 aliphatic carbocycles. The van der Waals surface area contributed by atoms with Gasteiger partial charge in [0.25, 0.3) is 5.88 Å². The van der Waals surface area contributed by atoms with E-state index in [0.717, 1.165) is 23.9 Å². The Labute approximate surface area is 219 Å². The number of anilines is 1. The molecule has 0 spiro atoms. The molecular weight excluding hydrogens is 484 g/mol. The van der Waals surface area contributed by atoms with Gasteiger partial charge in [-0.3, -0.25) is 0 Å². The van der Waals surface area contributed by atoms with Crippen LogP contribution in [-0.4, -0.2) is 77.4 Å². The van der Waals surface area contributed by atoms with E-state index in [4.69, 9.17) is 18.9 Å². The summed E-state index contributed by atoms with van der Waals surface area (Å²) < 4.78 is 31.1. The normalized spacial score (nSPS) is 16.2. The molecule has 2 rings (SSSR count). The minimum absolute atomic E-state index is 0.00578. The summed E-state index contributed by atoms with van der Waals surface area (Å²) in [5.74, 6) is -0.184. The molecular formula is C25H42N4O6S. The molecule has 1 aromatic heterocycles. The maximum absolute atomic E-state index is 12.5. The van der Waals surface area contributed by atoms with Crippen LogP contribution < -0.4 is 15.0 Å². The zero-order valence-electron chi connectivity index (χ0n) is 22.9. The third kappa shape index (κ3) is 11.7. The third-order valence-electron chi connectivity index (χ3n) is 4.99. The molecule has 1 saturated heterocycles. The van der Waals surface area contributed by atoms with Crippen LogP contribution in [0.1, 0.15) is 61.8 Å². The van der Waals surface area contributed by atoms with E-state index < -0.39 is 23.6 Å². The Balaban J connectivity index is 1.97. The van der Waals surface area contributed by atoms with Gasteiger partial charge in [-0.2, -0.15) is 4.37 Å². The van der Waals surface area contributed by atoms with Crippen LogP contribution in [0.3, 0.4) is 0 Å². The lowest BCUT2D eigenvalue weighted by Crippen LogP contribution is -2.44. The van der Waals surface area contributed by atoms with Crippen LogP contribution in [0.2, 0.25) is 0 Å². The lowest BCUT2D eigenvalue weighted by Gasteiger charge is -2.31. The molecule has 0 radical (unpaired) electrons. The lowest BCUT2D eigenvalue weighted by molar-refractivity contribution is -0.153. The van der Waals surface area contributed by atoms with Crippen molar-refractivity contribution in [1.29, 1.82) is 0 Å². The number of rotatable bonds is 11. The molecule has 1 fully saturated rings. The number of esters is 2. The summed E-state index contributed by atoms with van der Waals surface area (Å²) in [7, 11) is 0. The van der Waals surface area contributed by atoms with Crippen molar-refractivity contribution in [3.8, 4) is 5.88 Å². The van der Waals surface area contributed by atoms with Gasteiger partial charge in [-0.1, -0.05) is 20.8 Å². The summed E-state index contributed by atoms with van der Waals surface area (Å²) in [6.45, 7) is 19.1. The summed E-state index contributed by atoms with van der Waals surface area (Å²) in [4.78, 5) is 26.8. The van der Waals surface area contributed by atoms with E-state index in [2.05, 4.69) is 39.7 Å². The van der Waals surface area contributed by atoms with Crippen LogP contribution in [0.15, 0.2) is 12.2 Å². The van der Waals surface area contributed by atoms with Crippen molar-refractivity contribution in [2.75, 3.05) is 44.4 Å². The number of nitrogens with zero attached hydrogens (tertiary/aromatic N) is 3. The first-order chi connectivity index (χ1) is 16.6. The predicted octanol–water partition coefficient (Wildman–Crippen LogP) is 3.37. The van der Waals surface area contributed by atoms with E-state index in [0.29, 0.717) is 51.0 Å². The Hall–Kier alpha value is -2.24. The van der Waals surface area contributed by atoms with E-state index in [1.807, 2.05) is 34.6 Å². The summed E-state index contributed by atoms with van der Waals surface area (Å²) in [6, 6.07) is 0. The van der Waals surface area contributed by atoms with Gasteiger partial charge < -0.3 is 29.2 Å². The average molecular weight is 527 g/mol. The van der Waals surface area contributed by atoms with Crippen molar-refractivity contribution in [1.82, 2.24) is 14.1 Å². The second kappa shape index (κ2) is 12.8. The predicted molar refractivity (Wildman–Crippen MR) is 139 cm³/mol. The molecule has 1 N–H and O–H groups in total. The third-order valence-corrected chi connectivity index (χ3v) is 5.49. The van der Waals surface area contributed by atoms with Gasteiger partial charge in [0.2, 0.25) is 5.82 Å². The van der Waals surface area contributed by atoms with Gasteiger partial charge in [0.1, 0.15) is 18.3 Å².